The average molecular weight is 461 g/mol. The molecule has 2 rings (SSSR count). The van der Waals surface area contributed by atoms with Crippen LogP contribution in [0.5, 0.6) is 11.5 Å². The molecule has 33 heavy (non-hydrogen) atoms. The van der Waals surface area contributed by atoms with E-state index in [1.165, 1.54) is 12.5 Å². The molecule has 0 radical (unpaired) electrons. The van der Waals surface area contributed by atoms with Crippen molar-refractivity contribution in [1.29, 1.82) is 0 Å². The summed E-state index contributed by atoms with van der Waals surface area (Å²) in [7, 11) is 0. The molecule has 0 saturated heterocycles. The average Bonchev–Trinajstić information content (AvgIpc) is 2.81. The zero-order valence-corrected chi connectivity index (χ0v) is 20.1. The predicted octanol–water partition coefficient (Wildman–Crippen LogP) is 5.96. The van der Waals surface area contributed by atoms with E-state index in [1.54, 1.807) is 18.2 Å². The van der Waals surface area contributed by atoms with Gasteiger partial charge in [0.05, 0.1) is 12.2 Å². The summed E-state index contributed by atoms with van der Waals surface area (Å²) >= 11 is 0. The van der Waals surface area contributed by atoms with Crippen molar-refractivity contribution in [2.45, 2.75) is 90.3 Å². The Bertz CT molecular complexity index is 850. The number of aromatic carboxylic acids is 1. The Morgan fingerprint density at radius 1 is 0.818 bits per heavy atom. The summed E-state index contributed by atoms with van der Waals surface area (Å²) in [5.74, 6) is -0.203. The Kier molecular flexibility index (Phi) is 12.0. The molecule has 0 aromatic heterocycles. The van der Waals surface area contributed by atoms with Crippen LogP contribution in [0, 0.1) is 0 Å². The van der Waals surface area contributed by atoms with Crippen LogP contribution in [0.3, 0.4) is 0 Å². The Morgan fingerprint density at radius 3 is 2.00 bits per heavy atom. The molecule has 2 atom stereocenters. The van der Waals surface area contributed by atoms with Crippen molar-refractivity contribution in [3.63, 3.8) is 0 Å². The van der Waals surface area contributed by atoms with Crippen molar-refractivity contribution in [3.05, 3.63) is 35.9 Å². The lowest BCUT2D eigenvalue weighted by Gasteiger charge is -2.17. The molecule has 0 amide bonds. The molecular weight excluding hydrogens is 420 g/mol. The van der Waals surface area contributed by atoms with Gasteiger partial charge in [0.1, 0.15) is 30.3 Å². The molecule has 0 aliphatic carbocycles. The van der Waals surface area contributed by atoms with E-state index in [1.807, 2.05) is 6.07 Å². The molecule has 0 spiro atoms. The summed E-state index contributed by atoms with van der Waals surface area (Å²) in [6, 6.07) is 8.58. The third-order valence-corrected chi connectivity index (χ3v) is 5.82. The van der Waals surface area contributed by atoms with Crippen LogP contribution < -0.4 is 9.47 Å². The van der Waals surface area contributed by atoms with Crippen molar-refractivity contribution in [2.24, 2.45) is 0 Å². The van der Waals surface area contributed by atoms with E-state index in [0.29, 0.717) is 24.0 Å². The van der Waals surface area contributed by atoms with Crippen LogP contribution in [0.4, 0.5) is 0 Å². The number of benzene rings is 2. The van der Waals surface area contributed by atoms with Gasteiger partial charge in [-0.1, -0.05) is 71.3 Å². The lowest BCUT2D eigenvalue weighted by atomic mass is 10.0. The molecule has 6 nitrogen and oxygen atoms in total. The minimum atomic E-state index is -1.07. The molecule has 3 N–H and O–H groups in total. The fourth-order valence-electron chi connectivity index (χ4n) is 3.85. The van der Waals surface area contributed by atoms with Crippen molar-refractivity contribution in [3.8, 4) is 11.5 Å². The number of carboxylic acids is 1. The van der Waals surface area contributed by atoms with Gasteiger partial charge < -0.3 is 24.8 Å². The Morgan fingerprint density at radius 2 is 1.42 bits per heavy atom. The number of hydrogen-bond acceptors (Lipinski definition) is 5. The van der Waals surface area contributed by atoms with Crippen molar-refractivity contribution in [1.82, 2.24) is 0 Å². The molecule has 2 aromatic carbocycles. The Labute approximate surface area is 197 Å². The van der Waals surface area contributed by atoms with Gasteiger partial charge in [-0.05, 0) is 42.5 Å². The van der Waals surface area contributed by atoms with E-state index < -0.39 is 18.2 Å². The summed E-state index contributed by atoms with van der Waals surface area (Å²) in [4.78, 5) is 11.7. The highest BCUT2D eigenvalue weighted by Crippen LogP contribution is 2.33. The second kappa shape index (κ2) is 14.8. The van der Waals surface area contributed by atoms with E-state index in [2.05, 4.69) is 13.8 Å². The summed E-state index contributed by atoms with van der Waals surface area (Å²) in [6.45, 7) is 4.57. The number of unbranched alkanes of at least 4 members (excludes halogenated alkanes) is 6. The molecular formula is C27H40O6. The first-order chi connectivity index (χ1) is 16.0. The Balaban J connectivity index is 2.03. The summed E-state index contributed by atoms with van der Waals surface area (Å²) in [5, 5.41) is 31.4. The molecule has 2 unspecified atom stereocenters. The molecule has 0 fully saturated rings. The van der Waals surface area contributed by atoms with E-state index in [0.717, 1.165) is 50.3 Å². The largest absolute Gasteiger partial charge is 0.491 e. The number of ether oxygens (including phenoxy) is 2. The van der Waals surface area contributed by atoms with Gasteiger partial charge in [-0.3, -0.25) is 0 Å². The zero-order chi connectivity index (χ0) is 24.1. The van der Waals surface area contributed by atoms with E-state index in [4.69, 9.17) is 9.47 Å². The van der Waals surface area contributed by atoms with Crippen LogP contribution >= 0.6 is 0 Å². The maximum absolute atomic E-state index is 11.7. The highest BCUT2D eigenvalue weighted by atomic mass is 16.5. The smallest absolute Gasteiger partial charge is 0.339 e. The summed E-state index contributed by atoms with van der Waals surface area (Å²) in [5.41, 5.74) is 0.0665. The maximum Gasteiger partial charge on any atom is 0.339 e. The fraction of sp³-hybridized carbons (Fsp3) is 0.593. The number of aliphatic hydroxyl groups excluding tert-OH is 2. The molecule has 0 aliphatic heterocycles. The van der Waals surface area contributed by atoms with Crippen molar-refractivity contribution >= 4 is 16.7 Å². The van der Waals surface area contributed by atoms with Gasteiger partial charge in [-0.15, -0.1) is 0 Å². The number of carbonyl (C=O) groups is 1. The number of hydrogen-bond donors (Lipinski definition) is 3. The normalized spacial score (nSPS) is 13.1. The van der Waals surface area contributed by atoms with Crippen molar-refractivity contribution < 1.29 is 29.6 Å². The van der Waals surface area contributed by atoms with Gasteiger partial charge >= 0.3 is 5.97 Å². The molecule has 0 bridgehead atoms. The Hall–Kier alpha value is -2.31. The van der Waals surface area contributed by atoms with Crippen LogP contribution in [-0.2, 0) is 0 Å². The molecule has 6 heteroatoms. The first-order valence-electron chi connectivity index (χ1n) is 12.4. The monoisotopic (exact) mass is 460 g/mol. The molecule has 0 saturated carbocycles. The van der Waals surface area contributed by atoms with Crippen LogP contribution in [0.2, 0.25) is 0 Å². The molecule has 184 valence electrons. The van der Waals surface area contributed by atoms with Crippen molar-refractivity contribution in [2.75, 3.05) is 13.2 Å². The topological polar surface area (TPSA) is 96.2 Å². The van der Waals surface area contributed by atoms with Crippen LogP contribution in [0.1, 0.15) is 88.4 Å². The minimum absolute atomic E-state index is 0.0496. The third kappa shape index (κ3) is 9.22. The second-order valence-electron chi connectivity index (χ2n) is 8.76. The second-order valence-corrected chi connectivity index (χ2v) is 8.76. The lowest BCUT2D eigenvalue weighted by Crippen LogP contribution is -2.18. The maximum atomic E-state index is 11.7. The fourth-order valence-corrected chi connectivity index (χ4v) is 3.85. The quantitative estimate of drug-likeness (QED) is 0.252. The highest BCUT2D eigenvalue weighted by Gasteiger charge is 2.17. The standard InChI is InChI=1S/C27H40O6/c1-3-5-7-9-11-21(28)18-32-23-14-16-24-20(17-23)13-15-25(27(30)31)26(24)33-19-22(29)12-10-8-6-4-2/h13-17,21-22,28-29H,3-12,18-19H2,1-2H3,(H,30,31). The summed E-state index contributed by atoms with van der Waals surface area (Å²) < 4.78 is 11.6. The number of fused-ring (bicyclic) bond motifs is 1. The van der Waals surface area contributed by atoms with Gasteiger partial charge in [0, 0.05) is 5.39 Å². The van der Waals surface area contributed by atoms with Crippen LogP contribution in [0.15, 0.2) is 30.3 Å². The molecule has 2 aromatic rings. The molecule has 0 aliphatic rings. The number of carboxylic acid groups (broad SMARTS) is 1. The van der Waals surface area contributed by atoms with Gasteiger partial charge in [-0.2, -0.15) is 0 Å². The first-order valence-corrected chi connectivity index (χ1v) is 12.4. The van der Waals surface area contributed by atoms with E-state index in [9.17, 15) is 20.1 Å². The van der Waals surface area contributed by atoms with Crippen LogP contribution in [0.25, 0.3) is 10.8 Å². The number of aliphatic hydroxyl groups is 2. The minimum Gasteiger partial charge on any atom is -0.491 e. The van der Waals surface area contributed by atoms with Gasteiger partial charge in [0.25, 0.3) is 0 Å². The van der Waals surface area contributed by atoms with Gasteiger partial charge in [0.15, 0.2) is 0 Å². The SMILES string of the molecule is CCCCCCC(O)COc1ccc2c(OCC(O)CCCCCC)c(C(=O)O)ccc2c1. The summed E-state index contributed by atoms with van der Waals surface area (Å²) in [6.07, 6.45) is 8.90. The first kappa shape index (κ1) is 26.9. The van der Waals surface area contributed by atoms with E-state index >= 15 is 0 Å². The predicted molar refractivity (Wildman–Crippen MR) is 131 cm³/mol. The number of rotatable bonds is 17. The van der Waals surface area contributed by atoms with E-state index in [-0.39, 0.29) is 24.5 Å². The van der Waals surface area contributed by atoms with Gasteiger partial charge in [0.2, 0.25) is 0 Å². The van der Waals surface area contributed by atoms with Crippen LogP contribution in [-0.4, -0.2) is 46.7 Å². The zero-order valence-electron chi connectivity index (χ0n) is 20.1. The van der Waals surface area contributed by atoms with Gasteiger partial charge in [-0.25, -0.2) is 4.79 Å². The molecule has 0 heterocycles. The third-order valence-electron chi connectivity index (χ3n) is 5.82. The highest BCUT2D eigenvalue weighted by molar-refractivity contribution is 6.01. The lowest BCUT2D eigenvalue weighted by molar-refractivity contribution is 0.0681.